The van der Waals surface area contributed by atoms with Gasteiger partial charge in [-0.3, -0.25) is 14.4 Å². The molecule has 196 valence electrons. The average Bonchev–Trinajstić information content (AvgIpc) is 2.72. The number of methoxy groups -OCH3 is 1. The highest BCUT2D eigenvalue weighted by Gasteiger charge is 2.40. The van der Waals surface area contributed by atoms with Crippen molar-refractivity contribution >= 4 is 23.9 Å². The van der Waals surface area contributed by atoms with Crippen LogP contribution in [0.2, 0.25) is 0 Å². The number of benzene rings is 1. The summed E-state index contributed by atoms with van der Waals surface area (Å²) < 4.78 is 10.0. The van der Waals surface area contributed by atoms with E-state index in [0.717, 1.165) is 11.1 Å². The lowest BCUT2D eigenvalue weighted by molar-refractivity contribution is -0.146. The van der Waals surface area contributed by atoms with Gasteiger partial charge in [-0.1, -0.05) is 32.0 Å². The van der Waals surface area contributed by atoms with Crippen molar-refractivity contribution in [2.75, 3.05) is 13.7 Å². The number of rotatable bonds is 9. The molecule has 0 bridgehead atoms. The van der Waals surface area contributed by atoms with Gasteiger partial charge >= 0.3 is 12.1 Å². The van der Waals surface area contributed by atoms with Crippen LogP contribution in [0.4, 0.5) is 4.79 Å². The quantitative estimate of drug-likeness (QED) is 0.512. The SMILES string of the molecule is COC(=O)CNC(=O)C(c1c(C)cccc1C)N(C(=O)C(NC(=O)OC(C)(C)C)C(C)C)C(C)C. The second kappa shape index (κ2) is 12.6. The Labute approximate surface area is 208 Å². The summed E-state index contributed by atoms with van der Waals surface area (Å²) >= 11 is 0. The summed E-state index contributed by atoms with van der Waals surface area (Å²) in [6.45, 7) is 15.8. The molecule has 2 unspecified atom stereocenters. The summed E-state index contributed by atoms with van der Waals surface area (Å²) in [5.74, 6) is -1.84. The van der Waals surface area contributed by atoms with Crippen LogP contribution in [-0.2, 0) is 23.9 Å². The van der Waals surface area contributed by atoms with Crippen molar-refractivity contribution in [1.82, 2.24) is 15.5 Å². The van der Waals surface area contributed by atoms with Crippen molar-refractivity contribution in [2.24, 2.45) is 5.92 Å². The van der Waals surface area contributed by atoms with Gasteiger partial charge in [0.05, 0.1) is 7.11 Å². The number of carbonyl (C=O) groups is 4. The van der Waals surface area contributed by atoms with Crippen molar-refractivity contribution < 1.29 is 28.7 Å². The molecule has 0 aliphatic heterocycles. The van der Waals surface area contributed by atoms with E-state index in [2.05, 4.69) is 15.4 Å². The summed E-state index contributed by atoms with van der Waals surface area (Å²) in [7, 11) is 1.23. The van der Waals surface area contributed by atoms with Crippen LogP contribution in [0.15, 0.2) is 18.2 Å². The van der Waals surface area contributed by atoms with Gasteiger partial charge in [0.15, 0.2) is 0 Å². The van der Waals surface area contributed by atoms with Gasteiger partial charge in [0.25, 0.3) is 0 Å². The third-order valence-corrected chi connectivity index (χ3v) is 5.39. The summed E-state index contributed by atoms with van der Waals surface area (Å²) in [5.41, 5.74) is 1.57. The second-order valence-electron chi connectivity index (χ2n) is 10.2. The standard InChI is InChI=1S/C26H41N3O6/c1-15(2)21(28-25(33)35-26(7,8)9)24(32)29(16(3)4)22(23(31)27-14-19(30)34-10)20-17(5)12-11-13-18(20)6/h11-13,15-16,21-22H,14H2,1-10H3,(H,27,31)(H,28,33). The fourth-order valence-electron chi connectivity index (χ4n) is 3.77. The summed E-state index contributed by atoms with van der Waals surface area (Å²) in [5, 5.41) is 5.28. The van der Waals surface area contributed by atoms with E-state index >= 15 is 0 Å². The van der Waals surface area contributed by atoms with Crippen LogP contribution in [0.3, 0.4) is 0 Å². The lowest BCUT2D eigenvalue weighted by Crippen LogP contribution is -2.57. The number of esters is 1. The number of nitrogens with zero attached hydrogens (tertiary/aromatic N) is 1. The van der Waals surface area contributed by atoms with Gasteiger partial charge < -0.3 is 25.0 Å². The molecule has 1 aromatic carbocycles. The number of amides is 3. The van der Waals surface area contributed by atoms with Crippen LogP contribution in [0, 0.1) is 19.8 Å². The number of nitrogens with one attached hydrogen (secondary N) is 2. The summed E-state index contributed by atoms with van der Waals surface area (Å²) in [4.78, 5) is 53.1. The first kappa shape index (κ1) is 29.9. The molecule has 0 saturated carbocycles. The predicted molar refractivity (Wildman–Crippen MR) is 134 cm³/mol. The molecule has 35 heavy (non-hydrogen) atoms. The first-order chi connectivity index (χ1) is 16.1. The minimum absolute atomic E-state index is 0.284. The smallest absolute Gasteiger partial charge is 0.408 e. The highest BCUT2D eigenvalue weighted by atomic mass is 16.6. The van der Waals surface area contributed by atoms with Crippen LogP contribution < -0.4 is 10.6 Å². The molecule has 0 fully saturated rings. The third-order valence-electron chi connectivity index (χ3n) is 5.39. The molecule has 0 aliphatic rings. The Bertz CT molecular complexity index is 900. The second-order valence-corrected chi connectivity index (χ2v) is 10.2. The lowest BCUT2D eigenvalue weighted by Gasteiger charge is -2.39. The Hall–Kier alpha value is -3.10. The van der Waals surface area contributed by atoms with Gasteiger partial charge in [-0.2, -0.15) is 0 Å². The maximum Gasteiger partial charge on any atom is 0.408 e. The van der Waals surface area contributed by atoms with Gasteiger partial charge in [0.1, 0.15) is 24.2 Å². The molecule has 3 amide bonds. The highest BCUT2D eigenvalue weighted by molar-refractivity contribution is 5.94. The van der Waals surface area contributed by atoms with E-state index in [1.165, 1.54) is 12.0 Å². The molecule has 0 spiro atoms. The zero-order valence-electron chi connectivity index (χ0n) is 22.6. The van der Waals surface area contributed by atoms with Gasteiger partial charge in [-0.25, -0.2) is 4.79 Å². The number of carbonyl (C=O) groups excluding carboxylic acids is 4. The first-order valence-corrected chi connectivity index (χ1v) is 11.8. The number of hydrogen-bond donors (Lipinski definition) is 2. The van der Waals surface area contributed by atoms with E-state index < -0.39 is 47.6 Å². The Morgan fingerprint density at radius 2 is 1.54 bits per heavy atom. The van der Waals surface area contributed by atoms with E-state index in [1.807, 2.05) is 45.9 Å². The van der Waals surface area contributed by atoms with Crippen LogP contribution in [0.25, 0.3) is 0 Å². The van der Waals surface area contributed by atoms with Crippen molar-refractivity contribution in [1.29, 1.82) is 0 Å². The Kier molecular flexibility index (Phi) is 10.7. The van der Waals surface area contributed by atoms with E-state index in [9.17, 15) is 19.2 Å². The van der Waals surface area contributed by atoms with Gasteiger partial charge in [0, 0.05) is 6.04 Å². The third kappa shape index (κ3) is 8.56. The number of hydrogen-bond acceptors (Lipinski definition) is 6. The molecular formula is C26H41N3O6. The largest absolute Gasteiger partial charge is 0.468 e. The molecule has 1 rings (SSSR count). The maximum absolute atomic E-state index is 13.9. The molecule has 9 nitrogen and oxygen atoms in total. The monoisotopic (exact) mass is 491 g/mol. The molecular weight excluding hydrogens is 450 g/mol. The van der Waals surface area contributed by atoms with Crippen molar-refractivity contribution in [2.45, 2.75) is 86.0 Å². The summed E-state index contributed by atoms with van der Waals surface area (Å²) in [6.07, 6.45) is -0.716. The molecule has 0 saturated heterocycles. The van der Waals surface area contributed by atoms with Crippen LogP contribution in [0.5, 0.6) is 0 Å². The van der Waals surface area contributed by atoms with E-state index in [0.29, 0.717) is 5.56 Å². The molecule has 0 heterocycles. The van der Waals surface area contributed by atoms with Crippen LogP contribution >= 0.6 is 0 Å². The lowest BCUT2D eigenvalue weighted by atomic mass is 9.92. The summed E-state index contributed by atoms with van der Waals surface area (Å²) in [6, 6.07) is 3.23. The Balaban J connectivity index is 3.53. The fraction of sp³-hybridized carbons (Fsp3) is 0.615. The Morgan fingerprint density at radius 1 is 1.00 bits per heavy atom. The van der Waals surface area contributed by atoms with Gasteiger partial charge in [0.2, 0.25) is 11.8 Å². The number of alkyl carbamates (subject to hydrolysis) is 1. The molecule has 1 aromatic rings. The molecule has 0 aromatic heterocycles. The molecule has 2 N–H and O–H groups in total. The average molecular weight is 492 g/mol. The topological polar surface area (TPSA) is 114 Å². The normalized spacial score (nSPS) is 13.1. The zero-order valence-corrected chi connectivity index (χ0v) is 22.6. The van der Waals surface area contributed by atoms with E-state index in [4.69, 9.17) is 4.74 Å². The molecule has 2 atom stereocenters. The van der Waals surface area contributed by atoms with Crippen molar-refractivity contribution in [3.63, 3.8) is 0 Å². The molecule has 0 aliphatic carbocycles. The number of aryl methyl sites for hydroxylation is 2. The number of ether oxygens (including phenoxy) is 2. The minimum atomic E-state index is -1.03. The highest BCUT2D eigenvalue weighted by Crippen LogP contribution is 2.30. The van der Waals surface area contributed by atoms with Crippen molar-refractivity contribution in [3.05, 3.63) is 34.9 Å². The van der Waals surface area contributed by atoms with E-state index in [-0.39, 0.29) is 12.5 Å². The van der Waals surface area contributed by atoms with Gasteiger partial charge in [-0.05, 0) is 71.1 Å². The predicted octanol–water partition coefficient (Wildman–Crippen LogP) is 3.42. The Morgan fingerprint density at radius 3 is 1.97 bits per heavy atom. The maximum atomic E-state index is 13.9. The van der Waals surface area contributed by atoms with Crippen molar-refractivity contribution in [3.8, 4) is 0 Å². The van der Waals surface area contributed by atoms with Crippen LogP contribution in [0.1, 0.15) is 71.2 Å². The molecule has 0 radical (unpaired) electrons. The fourth-order valence-corrected chi connectivity index (χ4v) is 3.77. The first-order valence-electron chi connectivity index (χ1n) is 11.8. The van der Waals surface area contributed by atoms with E-state index in [1.54, 1.807) is 34.6 Å². The van der Waals surface area contributed by atoms with Crippen LogP contribution in [-0.4, -0.2) is 60.1 Å². The zero-order chi connectivity index (χ0) is 27.1. The molecule has 9 heteroatoms. The minimum Gasteiger partial charge on any atom is -0.468 e. The van der Waals surface area contributed by atoms with Gasteiger partial charge in [-0.15, -0.1) is 0 Å².